The first-order valence-corrected chi connectivity index (χ1v) is 26.2. The predicted molar refractivity (Wildman–Crippen MR) is 330 cm³/mol. The summed E-state index contributed by atoms with van der Waals surface area (Å²) >= 11 is 0. The minimum atomic E-state index is 0. The molecule has 0 saturated heterocycles. The normalized spacial score (nSPS) is 13.3. The van der Waals surface area contributed by atoms with Crippen LogP contribution in [-0.2, 0) is 57.2 Å². The molecular weight excluding hydrogens is 1130 g/mol. The average Bonchev–Trinajstić information content (AvgIpc) is 4.66. The molecule has 0 spiro atoms. The molecule has 23 nitrogen and oxygen atoms in total. The molecule has 8 heterocycles. The second-order valence-corrected chi connectivity index (χ2v) is 18.7. The fraction of sp³-hybridized carbons (Fsp3) is 0.123. The Morgan fingerprint density at radius 2 is 0.273 bits per heavy atom. The molecule has 8 amide bonds. The van der Waals surface area contributed by atoms with Crippen molar-refractivity contribution in [3.8, 4) is 0 Å². The SMILES string of the molecule is C=O.O.O.O.O.O.O.O=C1NCc2ccccc21.O=C1NCc2ccccc21.O=C1NCc2ccccc21.O=C1NCc2ccccc21.O=C1NCc2ccccc21.O=C1NCc2ccccc21.O=C1NCc2ccccc21.O=C1NCc2ccccc21. The van der Waals surface area contributed by atoms with Crippen molar-refractivity contribution in [3.05, 3.63) is 283 Å². The van der Waals surface area contributed by atoms with Crippen molar-refractivity contribution in [2.24, 2.45) is 0 Å². The largest absolute Gasteiger partial charge is 0.412 e. The van der Waals surface area contributed by atoms with Gasteiger partial charge in [0, 0.05) is 96.9 Å². The molecule has 88 heavy (non-hydrogen) atoms. The minimum absolute atomic E-state index is 0. The van der Waals surface area contributed by atoms with Gasteiger partial charge in [0.1, 0.15) is 6.79 Å². The van der Waals surface area contributed by atoms with Crippen molar-refractivity contribution in [3.63, 3.8) is 0 Å². The summed E-state index contributed by atoms with van der Waals surface area (Å²) in [6.07, 6.45) is 0. The molecule has 8 aromatic carbocycles. The number of benzene rings is 8. The van der Waals surface area contributed by atoms with Crippen molar-refractivity contribution < 1.29 is 76.0 Å². The third-order valence-corrected chi connectivity index (χ3v) is 13.6. The lowest BCUT2D eigenvalue weighted by Gasteiger charge is -1.89. The van der Waals surface area contributed by atoms with Gasteiger partial charge in [-0.25, -0.2) is 0 Å². The fourth-order valence-corrected chi connectivity index (χ4v) is 9.33. The van der Waals surface area contributed by atoms with E-state index in [0.717, 1.165) is 89.0 Å². The summed E-state index contributed by atoms with van der Waals surface area (Å²) in [6.45, 7) is 7.52. The zero-order valence-electron chi connectivity index (χ0n) is 47.5. The Morgan fingerprint density at radius 3 is 0.364 bits per heavy atom. The number of fused-ring (bicyclic) bond motifs is 8. The van der Waals surface area contributed by atoms with Crippen LogP contribution in [0.25, 0.3) is 0 Å². The number of hydrogen-bond acceptors (Lipinski definition) is 9. The van der Waals surface area contributed by atoms with E-state index in [9.17, 15) is 38.4 Å². The highest BCUT2D eigenvalue weighted by molar-refractivity contribution is 6.01. The summed E-state index contributed by atoms with van der Waals surface area (Å²) in [4.78, 5) is 95.6. The van der Waals surface area contributed by atoms with Gasteiger partial charge in [-0.05, 0) is 93.0 Å². The maximum absolute atomic E-state index is 11.0. The van der Waals surface area contributed by atoms with Crippen LogP contribution >= 0.6 is 0 Å². The van der Waals surface area contributed by atoms with E-state index in [4.69, 9.17) is 4.79 Å². The van der Waals surface area contributed by atoms with E-state index >= 15 is 0 Å². The van der Waals surface area contributed by atoms with E-state index < -0.39 is 0 Å². The third-order valence-electron chi connectivity index (χ3n) is 13.6. The Kier molecular flexibility index (Phi) is 29.8. The van der Waals surface area contributed by atoms with E-state index in [1.165, 1.54) is 0 Å². The van der Waals surface area contributed by atoms with Gasteiger partial charge in [-0.1, -0.05) is 146 Å². The van der Waals surface area contributed by atoms with Gasteiger partial charge in [-0.2, -0.15) is 0 Å². The maximum atomic E-state index is 11.0. The standard InChI is InChI=1S/8C8H7NO.CH2O.6H2O/c8*10-8-7-4-2-1-3-6(7)5-9-8;1-2;;;;;;/h8*1-4H,5H2,(H,9,10);1H2;6*1H2. The highest BCUT2D eigenvalue weighted by Gasteiger charge is 2.22. The van der Waals surface area contributed by atoms with Gasteiger partial charge < -0.3 is 80.2 Å². The van der Waals surface area contributed by atoms with Crippen molar-refractivity contribution in [2.75, 3.05) is 0 Å². The van der Waals surface area contributed by atoms with Crippen molar-refractivity contribution >= 4 is 54.0 Å². The predicted octanol–water partition coefficient (Wildman–Crippen LogP) is 2.31. The monoisotopic (exact) mass is 1200 g/mol. The second-order valence-electron chi connectivity index (χ2n) is 18.7. The minimum Gasteiger partial charge on any atom is -0.412 e. The molecule has 0 unspecified atom stereocenters. The molecule has 0 atom stereocenters. The van der Waals surface area contributed by atoms with Crippen LogP contribution in [0.3, 0.4) is 0 Å². The van der Waals surface area contributed by atoms with E-state index in [1.54, 1.807) is 0 Å². The van der Waals surface area contributed by atoms with Gasteiger partial charge in [-0.15, -0.1) is 0 Å². The van der Waals surface area contributed by atoms with Crippen LogP contribution in [0.1, 0.15) is 127 Å². The second kappa shape index (κ2) is 35.9. The van der Waals surface area contributed by atoms with Gasteiger partial charge in [-0.3, -0.25) is 38.4 Å². The zero-order valence-corrected chi connectivity index (χ0v) is 47.5. The number of amides is 8. The average molecular weight is 1200 g/mol. The lowest BCUT2D eigenvalue weighted by molar-refractivity contribution is -0.0980. The highest BCUT2D eigenvalue weighted by Crippen LogP contribution is 2.19. The Hall–Kier alpha value is -11.1. The van der Waals surface area contributed by atoms with Crippen LogP contribution in [0.2, 0.25) is 0 Å². The first kappa shape index (κ1) is 73.1. The van der Waals surface area contributed by atoms with Gasteiger partial charge in [0.05, 0.1) is 0 Å². The lowest BCUT2D eigenvalue weighted by Crippen LogP contribution is -2.12. The molecule has 460 valence electrons. The van der Waals surface area contributed by atoms with E-state index in [1.807, 2.05) is 201 Å². The molecule has 0 aromatic heterocycles. The maximum Gasteiger partial charge on any atom is 0.251 e. The van der Waals surface area contributed by atoms with Crippen molar-refractivity contribution in [1.82, 2.24) is 42.5 Å². The summed E-state index contributed by atoms with van der Waals surface area (Å²) in [5, 5.41) is 22.0. The van der Waals surface area contributed by atoms with Gasteiger partial charge in [0.2, 0.25) is 0 Å². The number of carbonyl (C=O) groups is 9. The topological polar surface area (TPSA) is 439 Å². The van der Waals surface area contributed by atoms with Crippen LogP contribution < -0.4 is 42.5 Å². The quantitative estimate of drug-likeness (QED) is 0.110. The van der Waals surface area contributed by atoms with Crippen LogP contribution in [0, 0.1) is 0 Å². The summed E-state index contributed by atoms with van der Waals surface area (Å²) in [6, 6.07) is 61.1. The Labute approximate surface area is 506 Å². The van der Waals surface area contributed by atoms with Crippen LogP contribution in [0.5, 0.6) is 0 Å². The first-order valence-electron chi connectivity index (χ1n) is 26.2. The Bertz CT molecular complexity index is 3000. The van der Waals surface area contributed by atoms with Crippen molar-refractivity contribution in [1.29, 1.82) is 0 Å². The number of hydrogen-bond donors (Lipinski definition) is 8. The number of carbonyl (C=O) groups excluding carboxylic acids is 9. The molecule has 0 radical (unpaired) electrons. The summed E-state index contributed by atoms with van der Waals surface area (Å²) in [5.74, 6) is 0.412. The van der Waals surface area contributed by atoms with E-state index in [-0.39, 0.29) is 80.1 Å². The van der Waals surface area contributed by atoms with Crippen molar-refractivity contribution in [2.45, 2.75) is 52.4 Å². The molecule has 23 heteroatoms. The molecule has 8 aromatic rings. The van der Waals surface area contributed by atoms with E-state index in [2.05, 4.69) is 42.5 Å². The molecule has 20 N–H and O–H groups in total. The molecule has 16 rings (SSSR count). The lowest BCUT2D eigenvalue weighted by atomic mass is 10.1. The van der Waals surface area contributed by atoms with Gasteiger partial charge in [0.25, 0.3) is 47.3 Å². The third kappa shape index (κ3) is 18.5. The first-order chi connectivity index (χ1) is 40.0. The van der Waals surface area contributed by atoms with Crippen LogP contribution in [-0.4, -0.2) is 86.9 Å². The molecule has 8 aliphatic rings. The number of rotatable bonds is 0. The van der Waals surface area contributed by atoms with Crippen LogP contribution in [0.4, 0.5) is 0 Å². The van der Waals surface area contributed by atoms with Gasteiger partial charge in [0.15, 0.2) is 0 Å². The highest BCUT2D eigenvalue weighted by atomic mass is 16.2. The Balaban J connectivity index is 0.000000338. The van der Waals surface area contributed by atoms with Crippen LogP contribution in [0.15, 0.2) is 194 Å². The Morgan fingerprint density at radius 1 is 0.182 bits per heavy atom. The van der Waals surface area contributed by atoms with Gasteiger partial charge >= 0.3 is 0 Å². The molecule has 0 aliphatic carbocycles. The molecule has 8 aliphatic heterocycles. The summed E-state index contributed by atoms with van der Waals surface area (Å²) in [5.41, 5.74) is 15.4. The molecular formula is C65H70N8O15. The zero-order chi connectivity index (χ0) is 57.8. The molecule has 0 fully saturated rings. The smallest absolute Gasteiger partial charge is 0.251 e. The molecule has 0 bridgehead atoms. The number of nitrogens with one attached hydrogen (secondary N) is 8. The van der Waals surface area contributed by atoms with E-state index in [0.29, 0.717) is 52.4 Å². The molecule has 0 saturated carbocycles. The summed E-state index contributed by atoms with van der Waals surface area (Å²) < 4.78 is 0. The summed E-state index contributed by atoms with van der Waals surface area (Å²) in [7, 11) is 0. The fourth-order valence-electron chi connectivity index (χ4n) is 9.33.